The van der Waals surface area contributed by atoms with Gasteiger partial charge in [0.15, 0.2) is 0 Å². The summed E-state index contributed by atoms with van der Waals surface area (Å²) in [6, 6.07) is 3.88. The van der Waals surface area contributed by atoms with Crippen molar-refractivity contribution in [1.82, 2.24) is 0 Å². The molecule has 1 atom stereocenters. The molecule has 0 aromatic heterocycles. The summed E-state index contributed by atoms with van der Waals surface area (Å²) >= 11 is 5.83. The molecule has 0 fully saturated rings. The highest BCUT2D eigenvalue weighted by atomic mass is 35.5. The number of anilines is 1. The summed E-state index contributed by atoms with van der Waals surface area (Å²) in [6.45, 7) is 1.80. The van der Waals surface area contributed by atoms with Crippen molar-refractivity contribution in [2.24, 2.45) is 5.73 Å². The standard InChI is InChI=1S/C12H15ClN2O3/c1-3-9(14)11(16)15-10-6-7(13)4-5-8(10)12(17)18-2/h4-6,9H,3,14H2,1-2H3,(H,15,16)/t9-/m0/s1. The van der Waals surface area contributed by atoms with E-state index in [1.165, 1.54) is 19.2 Å². The van der Waals surface area contributed by atoms with Crippen LogP contribution in [0.2, 0.25) is 5.02 Å². The Bertz CT molecular complexity index is 463. The van der Waals surface area contributed by atoms with E-state index in [-0.39, 0.29) is 11.5 Å². The number of esters is 1. The van der Waals surface area contributed by atoms with E-state index in [0.29, 0.717) is 17.1 Å². The van der Waals surface area contributed by atoms with Crippen molar-refractivity contribution >= 4 is 29.2 Å². The van der Waals surface area contributed by atoms with Crippen molar-refractivity contribution in [3.8, 4) is 0 Å². The Morgan fingerprint density at radius 2 is 2.17 bits per heavy atom. The van der Waals surface area contributed by atoms with Gasteiger partial charge < -0.3 is 15.8 Å². The van der Waals surface area contributed by atoms with Crippen molar-refractivity contribution in [3.05, 3.63) is 28.8 Å². The third-order valence-corrected chi connectivity index (χ3v) is 2.66. The Morgan fingerprint density at radius 3 is 2.72 bits per heavy atom. The van der Waals surface area contributed by atoms with E-state index >= 15 is 0 Å². The van der Waals surface area contributed by atoms with Crippen LogP contribution in [0.25, 0.3) is 0 Å². The molecule has 0 bridgehead atoms. The summed E-state index contributed by atoms with van der Waals surface area (Å²) in [5, 5.41) is 2.97. The van der Waals surface area contributed by atoms with Gasteiger partial charge >= 0.3 is 5.97 Å². The van der Waals surface area contributed by atoms with Crippen LogP contribution in [0.1, 0.15) is 23.7 Å². The van der Waals surface area contributed by atoms with Gasteiger partial charge in [-0.05, 0) is 24.6 Å². The Kier molecular flexibility index (Phi) is 5.12. The summed E-state index contributed by atoms with van der Waals surface area (Å²) in [5.41, 5.74) is 6.13. The molecule has 0 aliphatic carbocycles. The fourth-order valence-electron chi connectivity index (χ4n) is 1.32. The number of benzene rings is 1. The molecule has 1 aromatic carbocycles. The lowest BCUT2D eigenvalue weighted by Crippen LogP contribution is -2.35. The molecule has 3 N–H and O–H groups in total. The Balaban J connectivity index is 3.03. The Morgan fingerprint density at radius 1 is 1.50 bits per heavy atom. The molecule has 6 heteroatoms. The predicted molar refractivity (Wildman–Crippen MR) is 69.7 cm³/mol. The Hall–Kier alpha value is -1.59. The van der Waals surface area contributed by atoms with Crippen molar-refractivity contribution < 1.29 is 14.3 Å². The van der Waals surface area contributed by atoms with E-state index < -0.39 is 12.0 Å². The number of halogens is 1. The lowest BCUT2D eigenvalue weighted by molar-refractivity contribution is -0.117. The Labute approximate surface area is 110 Å². The molecule has 1 rings (SSSR count). The van der Waals surface area contributed by atoms with Crippen molar-refractivity contribution in [1.29, 1.82) is 0 Å². The van der Waals surface area contributed by atoms with Gasteiger partial charge in [-0.15, -0.1) is 0 Å². The number of rotatable bonds is 4. The van der Waals surface area contributed by atoms with E-state index in [2.05, 4.69) is 10.1 Å². The molecule has 0 aliphatic heterocycles. The van der Waals surface area contributed by atoms with Crippen LogP contribution in [-0.2, 0) is 9.53 Å². The zero-order valence-corrected chi connectivity index (χ0v) is 11.0. The smallest absolute Gasteiger partial charge is 0.339 e. The van der Waals surface area contributed by atoms with Crippen LogP contribution >= 0.6 is 11.6 Å². The highest BCUT2D eigenvalue weighted by Crippen LogP contribution is 2.22. The molecular weight excluding hydrogens is 256 g/mol. The minimum absolute atomic E-state index is 0.235. The molecule has 0 heterocycles. The lowest BCUT2D eigenvalue weighted by Gasteiger charge is -2.13. The molecule has 0 saturated carbocycles. The SMILES string of the molecule is CC[C@H](N)C(=O)Nc1cc(Cl)ccc1C(=O)OC. The van der Waals surface area contributed by atoms with Gasteiger partial charge in [0.25, 0.3) is 0 Å². The maximum Gasteiger partial charge on any atom is 0.339 e. The first-order valence-electron chi connectivity index (χ1n) is 5.44. The number of hydrogen-bond acceptors (Lipinski definition) is 4. The number of ether oxygens (including phenoxy) is 1. The first-order valence-corrected chi connectivity index (χ1v) is 5.81. The summed E-state index contributed by atoms with van der Waals surface area (Å²) in [7, 11) is 1.26. The lowest BCUT2D eigenvalue weighted by atomic mass is 10.1. The second kappa shape index (κ2) is 6.37. The molecular formula is C12H15ClN2O3. The summed E-state index contributed by atoms with van der Waals surface area (Å²) in [4.78, 5) is 23.2. The van der Waals surface area contributed by atoms with Crippen molar-refractivity contribution in [2.45, 2.75) is 19.4 Å². The molecule has 98 valence electrons. The zero-order valence-electron chi connectivity index (χ0n) is 10.2. The van der Waals surface area contributed by atoms with E-state index in [0.717, 1.165) is 0 Å². The average Bonchev–Trinajstić information content (AvgIpc) is 2.37. The van der Waals surface area contributed by atoms with Gasteiger partial charge in [-0.2, -0.15) is 0 Å². The highest BCUT2D eigenvalue weighted by Gasteiger charge is 2.17. The largest absolute Gasteiger partial charge is 0.465 e. The number of hydrogen-bond donors (Lipinski definition) is 2. The zero-order chi connectivity index (χ0) is 13.7. The normalized spacial score (nSPS) is 11.8. The minimum Gasteiger partial charge on any atom is -0.465 e. The molecule has 0 saturated heterocycles. The van der Waals surface area contributed by atoms with Gasteiger partial charge in [-0.25, -0.2) is 4.79 Å². The van der Waals surface area contributed by atoms with E-state index in [9.17, 15) is 9.59 Å². The first-order chi connectivity index (χ1) is 8.49. The number of carbonyl (C=O) groups is 2. The summed E-state index contributed by atoms with van der Waals surface area (Å²) < 4.78 is 4.62. The first kappa shape index (κ1) is 14.5. The second-order valence-electron chi connectivity index (χ2n) is 3.69. The summed E-state index contributed by atoms with van der Waals surface area (Å²) in [5.74, 6) is -0.919. The van der Waals surface area contributed by atoms with Crippen molar-refractivity contribution in [2.75, 3.05) is 12.4 Å². The fraction of sp³-hybridized carbons (Fsp3) is 0.333. The predicted octanol–water partition coefficient (Wildman–Crippen LogP) is 1.80. The summed E-state index contributed by atoms with van der Waals surface area (Å²) in [6.07, 6.45) is 0.500. The van der Waals surface area contributed by atoms with E-state index in [4.69, 9.17) is 17.3 Å². The molecule has 18 heavy (non-hydrogen) atoms. The van der Waals surface area contributed by atoms with Crippen LogP contribution in [0.3, 0.4) is 0 Å². The van der Waals surface area contributed by atoms with Crippen LogP contribution in [0.15, 0.2) is 18.2 Å². The monoisotopic (exact) mass is 270 g/mol. The second-order valence-corrected chi connectivity index (χ2v) is 4.12. The molecule has 0 spiro atoms. The maximum atomic E-state index is 11.7. The van der Waals surface area contributed by atoms with Crippen LogP contribution in [0.5, 0.6) is 0 Å². The molecule has 5 nitrogen and oxygen atoms in total. The molecule has 1 aromatic rings. The number of amides is 1. The number of methoxy groups -OCH3 is 1. The molecule has 0 unspecified atom stereocenters. The number of nitrogens with one attached hydrogen (secondary N) is 1. The van der Waals surface area contributed by atoms with Crippen LogP contribution in [0, 0.1) is 0 Å². The van der Waals surface area contributed by atoms with Gasteiger partial charge in [-0.3, -0.25) is 4.79 Å². The van der Waals surface area contributed by atoms with Gasteiger partial charge in [0, 0.05) is 5.02 Å². The van der Waals surface area contributed by atoms with Crippen LogP contribution in [0.4, 0.5) is 5.69 Å². The van der Waals surface area contributed by atoms with Crippen LogP contribution in [-0.4, -0.2) is 25.0 Å². The quantitative estimate of drug-likeness (QED) is 0.818. The van der Waals surface area contributed by atoms with Gasteiger partial charge in [0.1, 0.15) is 0 Å². The molecule has 1 amide bonds. The van der Waals surface area contributed by atoms with Crippen LogP contribution < -0.4 is 11.1 Å². The fourth-order valence-corrected chi connectivity index (χ4v) is 1.49. The van der Waals surface area contributed by atoms with E-state index in [1.807, 2.05) is 0 Å². The van der Waals surface area contributed by atoms with Gasteiger partial charge in [0.2, 0.25) is 5.91 Å². The van der Waals surface area contributed by atoms with Gasteiger partial charge in [-0.1, -0.05) is 18.5 Å². The van der Waals surface area contributed by atoms with E-state index in [1.54, 1.807) is 13.0 Å². The number of carbonyl (C=O) groups excluding carboxylic acids is 2. The third-order valence-electron chi connectivity index (χ3n) is 2.42. The topological polar surface area (TPSA) is 81.4 Å². The number of nitrogens with two attached hydrogens (primary N) is 1. The third kappa shape index (κ3) is 3.45. The highest BCUT2D eigenvalue weighted by molar-refractivity contribution is 6.31. The molecule has 0 radical (unpaired) electrons. The maximum absolute atomic E-state index is 11.7. The minimum atomic E-state index is -0.630. The van der Waals surface area contributed by atoms with Crippen molar-refractivity contribution in [3.63, 3.8) is 0 Å². The van der Waals surface area contributed by atoms with Gasteiger partial charge in [0.05, 0.1) is 24.4 Å². The average molecular weight is 271 g/mol. The molecule has 0 aliphatic rings.